The Morgan fingerprint density at radius 3 is 2.30 bits per heavy atom. The number of guanidine groups is 1. The number of phenolic OH excluding ortho intramolecular Hbond substituents is 1. The van der Waals surface area contributed by atoms with Crippen molar-refractivity contribution in [1.29, 1.82) is 5.41 Å². The highest BCUT2D eigenvalue weighted by Crippen LogP contribution is 2.31. The summed E-state index contributed by atoms with van der Waals surface area (Å²) in [4.78, 5) is 6.33. The highest BCUT2D eigenvalue weighted by Gasteiger charge is 2.39. The number of aliphatic imine (C=N–C) groups is 1. The number of hydrogen-bond donors (Lipinski definition) is 6. The van der Waals surface area contributed by atoms with Crippen LogP contribution < -0.4 is 22.2 Å². The Morgan fingerprint density at radius 2 is 1.79 bits per heavy atom. The quantitative estimate of drug-likeness (QED) is 0.219. The number of hydrazone groups is 1. The van der Waals surface area contributed by atoms with E-state index in [4.69, 9.17) is 16.9 Å². The van der Waals surface area contributed by atoms with Gasteiger partial charge < -0.3 is 32.2 Å². The molecule has 1 aromatic rings. The summed E-state index contributed by atoms with van der Waals surface area (Å²) in [6.45, 7) is 12.8. The zero-order valence-corrected chi connectivity index (χ0v) is 21.3. The molecule has 1 aliphatic heterocycles. The van der Waals surface area contributed by atoms with Gasteiger partial charge in [0.1, 0.15) is 5.75 Å². The maximum absolute atomic E-state index is 10.4. The molecule has 1 aromatic carbocycles. The summed E-state index contributed by atoms with van der Waals surface area (Å²) in [6, 6.07) is 5.05. The normalized spacial score (nSPS) is 18.4. The summed E-state index contributed by atoms with van der Waals surface area (Å²) in [5.41, 5.74) is 16.3. The van der Waals surface area contributed by atoms with Gasteiger partial charge in [0, 0.05) is 42.3 Å². The van der Waals surface area contributed by atoms with Crippen LogP contribution in [-0.4, -0.2) is 59.1 Å². The minimum atomic E-state index is -0.0437. The van der Waals surface area contributed by atoms with E-state index in [9.17, 15) is 5.11 Å². The molecule has 0 unspecified atom stereocenters. The number of piperidine rings is 1. The molecule has 1 saturated heterocycles. The lowest BCUT2D eigenvalue weighted by Gasteiger charge is -2.49. The zero-order chi connectivity index (χ0) is 25.4. The first-order chi connectivity index (χ1) is 15.3. The molecule has 8 N–H and O–H groups in total. The van der Waals surface area contributed by atoms with Crippen molar-refractivity contribution in [2.24, 2.45) is 21.6 Å². The minimum absolute atomic E-state index is 0.00498. The molecule has 2 rings (SSSR count). The standard InChI is InChI=1S/C22H36N8O.C2H6/c1-21(2)10-15(11-22(3,4)29-21)30(6)20(25)27-12-18(24)16-8-7-14(9-19(16)31)17(23)13-28-26-5;1-2/h7-9,12-13,15,23,26,29,31H,10-11,24H2,1-6H3,(H2,25,27);1-2H3/b18-12-,23-17?,28-13-;. The molecule has 0 saturated carbocycles. The van der Waals surface area contributed by atoms with E-state index in [2.05, 4.69) is 48.5 Å². The van der Waals surface area contributed by atoms with E-state index in [1.54, 1.807) is 19.2 Å². The number of phenols is 1. The van der Waals surface area contributed by atoms with Crippen molar-refractivity contribution in [2.45, 2.75) is 71.5 Å². The molecule has 0 aliphatic carbocycles. The Morgan fingerprint density at radius 1 is 1.21 bits per heavy atom. The number of nitrogens with zero attached hydrogens (tertiary/aromatic N) is 3. The van der Waals surface area contributed by atoms with Crippen molar-refractivity contribution in [1.82, 2.24) is 15.6 Å². The highest BCUT2D eigenvalue weighted by molar-refractivity contribution is 6.36. The molecule has 1 aliphatic rings. The first-order valence-electron chi connectivity index (χ1n) is 11.3. The van der Waals surface area contributed by atoms with Crippen molar-refractivity contribution < 1.29 is 5.11 Å². The summed E-state index contributed by atoms with van der Waals surface area (Å²) in [7, 11) is 3.59. The maximum Gasteiger partial charge on any atom is 0.195 e. The first-order valence-corrected chi connectivity index (χ1v) is 11.3. The Hall–Kier alpha value is -3.07. The predicted molar refractivity (Wildman–Crippen MR) is 140 cm³/mol. The van der Waals surface area contributed by atoms with E-state index in [-0.39, 0.29) is 34.3 Å². The van der Waals surface area contributed by atoms with Gasteiger partial charge in [-0.15, -0.1) is 0 Å². The van der Waals surface area contributed by atoms with E-state index in [0.29, 0.717) is 17.1 Å². The molecule has 184 valence electrons. The van der Waals surface area contributed by atoms with Crippen molar-refractivity contribution >= 4 is 23.6 Å². The highest BCUT2D eigenvalue weighted by atomic mass is 16.3. The lowest BCUT2D eigenvalue weighted by atomic mass is 9.79. The average molecular weight is 459 g/mol. The van der Waals surface area contributed by atoms with Gasteiger partial charge >= 0.3 is 0 Å². The smallest absolute Gasteiger partial charge is 0.195 e. The molecule has 1 fully saturated rings. The fourth-order valence-electron chi connectivity index (χ4n) is 4.17. The number of nitrogens with one attached hydrogen (secondary N) is 3. The summed E-state index contributed by atoms with van der Waals surface area (Å²) < 4.78 is 0. The number of hydrogen-bond acceptors (Lipinski definition) is 7. The third-order valence-corrected chi connectivity index (χ3v) is 5.36. The van der Waals surface area contributed by atoms with Gasteiger partial charge in [0.15, 0.2) is 5.96 Å². The molecule has 0 bridgehead atoms. The molecule has 9 heteroatoms. The zero-order valence-electron chi connectivity index (χ0n) is 21.3. The van der Waals surface area contributed by atoms with Crippen molar-refractivity contribution in [3.8, 4) is 5.75 Å². The number of nitrogens with two attached hydrogens (primary N) is 2. The van der Waals surface area contributed by atoms with Crippen LogP contribution in [-0.2, 0) is 0 Å². The summed E-state index contributed by atoms with van der Waals surface area (Å²) >= 11 is 0. The van der Waals surface area contributed by atoms with Crippen molar-refractivity contribution in [2.75, 3.05) is 14.1 Å². The monoisotopic (exact) mass is 458 g/mol. The van der Waals surface area contributed by atoms with Gasteiger partial charge in [-0.2, -0.15) is 5.10 Å². The van der Waals surface area contributed by atoms with E-state index in [1.807, 2.05) is 25.8 Å². The van der Waals surface area contributed by atoms with Gasteiger partial charge in [0.2, 0.25) is 0 Å². The molecule has 33 heavy (non-hydrogen) atoms. The largest absolute Gasteiger partial charge is 0.507 e. The fraction of sp³-hybridized carbons (Fsp3) is 0.542. The molecular formula is C24H42N8O. The van der Waals surface area contributed by atoms with E-state index >= 15 is 0 Å². The maximum atomic E-state index is 10.4. The van der Waals surface area contributed by atoms with Crippen LogP contribution in [0.5, 0.6) is 5.75 Å². The minimum Gasteiger partial charge on any atom is -0.507 e. The number of aromatic hydroxyl groups is 1. The topological polar surface area (TPSA) is 148 Å². The second-order valence-electron chi connectivity index (χ2n) is 9.26. The molecule has 1 heterocycles. The summed E-state index contributed by atoms with van der Waals surface area (Å²) in [6.07, 6.45) is 4.68. The Bertz CT molecular complexity index is 886. The molecule has 9 nitrogen and oxygen atoms in total. The van der Waals surface area contributed by atoms with Crippen LogP contribution in [0.4, 0.5) is 0 Å². The van der Waals surface area contributed by atoms with Crippen molar-refractivity contribution in [3.05, 3.63) is 35.5 Å². The van der Waals surface area contributed by atoms with Crippen LogP contribution in [0.2, 0.25) is 0 Å². The second kappa shape index (κ2) is 11.7. The molecule has 0 radical (unpaired) electrons. The van der Waals surface area contributed by atoms with Crippen LogP contribution in [0, 0.1) is 5.41 Å². The van der Waals surface area contributed by atoms with Gasteiger partial charge in [0.05, 0.1) is 23.8 Å². The fourth-order valence-corrected chi connectivity index (χ4v) is 4.17. The lowest BCUT2D eigenvalue weighted by Crippen LogP contribution is -2.62. The first kappa shape index (κ1) is 28.0. The Balaban J connectivity index is 0.00000265. The third-order valence-electron chi connectivity index (χ3n) is 5.36. The third kappa shape index (κ3) is 8.09. The molecule has 0 atom stereocenters. The van der Waals surface area contributed by atoms with Crippen LogP contribution in [0.25, 0.3) is 5.70 Å². The van der Waals surface area contributed by atoms with E-state index < -0.39 is 0 Å². The van der Waals surface area contributed by atoms with Crippen LogP contribution >= 0.6 is 0 Å². The summed E-state index contributed by atoms with van der Waals surface area (Å²) in [5.74, 6) is 0.320. The van der Waals surface area contributed by atoms with Gasteiger partial charge in [0.25, 0.3) is 0 Å². The van der Waals surface area contributed by atoms with Gasteiger partial charge in [-0.05, 0) is 52.7 Å². The molecular weight excluding hydrogens is 416 g/mol. The second-order valence-corrected chi connectivity index (χ2v) is 9.26. The number of benzene rings is 1. The average Bonchev–Trinajstić information content (AvgIpc) is 2.74. The molecule has 0 spiro atoms. The van der Waals surface area contributed by atoms with Crippen LogP contribution in [0.3, 0.4) is 0 Å². The Labute approximate surface area is 198 Å². The molecule has 0 amide bonds. The van der Waals surface area contributed by atoms with E-state index in [1.165, 1.54) is 18.5 Å². The Kier molecular flexibility index (Phi) is 9.91. The lowest BCUT2D eigenvalue weighted by molar-refractivity contribution is 0.113. The van der Waals surface area contributed by atoms with E-state index in [0.717, 1.165) is 12.8 Å². The van der Waals surface area contributed by atoms with Crippen LogP contribution in [0.15, 0.2) is 34.5 Å². The van der Waals surface area contributed by atoms with Gasteiger partial charge in [-0.1, -0.05) is 19.9 Å². The number of rotatable bonds is 6. The predicted octanol–water partition coefficient (Wildman–Crippen LogP) is 2.80. The van der Waals surface area contributed by atoms with Crippen LogP contribution in [0.1, 0.15) is 65.5 Å². The van der Waals surface area contributed by atoms with Gasteiger partial charge in [-0.25, -0.2) is 4.99 Å². The SMILES string of the molecule is CC.CN/N=C\C(=N)c1ccc(/C(N)=C/N=C(N)N(C)C2CC(C)(C)NC(C)(C)C2)c(O)c1. The molecule has 0 aromatic heterocycles. The van der Waals surface area contributed by atoms with Crippen molar-refractivity contribution in [3.63, 3.8) is 0 Å². The summed E-state index contributed by atoms with van der Waals surface area (Å²) in [5, 5.41) is 25.8. The van der Waals surface area contributed by atoms with Gasteiger partial charge in [-0.3, -0.25) is 5.41 Å².